The third kappa shape index (κ3) is 4.13. The monoisotopic (exact) mass is 481 g/mol. The van der Waals surface area contributed by atoms with E-state index < -0.39 is 39.6 Å². The van der Waals surface area contributed by atoms with Crippen molar-refractivity contribution in [2.24, 2.45) is 0 Å². The fraction of sp³-hybridized carbons (Fsp3) is 0.278. The number of aromatic nitrogens is 3. The molecule has 13 heteroatoms. The predicted molar refractivity (Wildman–Crippen MR) is 103 cm³/mol. The molecule has 0 spiro atoms. The Balaban J connectivity index is 2.25. The molecule has 0 aromatic carbocycles. The highest BCUT2D eigenvalue weighted by atomic mass is 35.5. The van der Waals surface area contributed by atoms with Crippen LogP contribution in [0, 0.1) is 0 Å². The molecule has 0 radical (unpaired) electrons. The van der Waals surface area contributed by atoms with Gasteiger partial charge < -0.3 is 0 Å². The molecule has 0 saturated carbocycles. The van der Waals surface area contributed by atoms with Gasteiger partial charge in [-0.1, -0.05) is 18.5 Å². The van der Waals surface area contributed by atoms with E-state index in [9.17, 15) is 35.2 Å². The van der Waals surface area contributed by atoms with Crippen molar-refractivity contribution in [3.05, 3.63) is 52.0 Å². The van der Waals surface area contributed by atoms with E-state index >= 15 is 0 Å². The second-order valence-electron chi connectivity index (χ2n) is 6.37. The lowest BCUT2D eigenvalue weighted by molar-refractivity contribution is -0.191. The van der Waals surface area contributed by atoms with Crippen LogP contribution in [0.5, 0.6) is 0 Å². The van der Waals surface area contributed by atoms with Crippen LogP contribution in [-0.4, -0.2) is 41.1 Å². The lowest BCUT2D eigenvalue weighted by Crippen LogP contribution is -2.39. The zero-order valence-corrected chi connectivity index (χ0v) is 17.1. The maximum atomic E-state index is 14.3. The lowest BCUT2D eigenvalue weighted by atomic mass is 10.1. The van der Waals surface area contributed by atoms with Gasteiger partial charge in [0.1, 0.15) is 10.8 Å². The Kier molecular flexibility index (Phi) is 6.07. The van der Waals surface area contributed by atoms with Crippen LogP contribution in [0.25, 0.3) is 22.3 Å². The Morgan fingerprint density at radius 3 is 2.45 bits per heavy atom. The van der Waals surface area contributed by atoms with Crippen molar-refractivity contribution >= 4 is 32.3 Å². The van der Waals surface area contributed by atoms with Crippen molar-refractivity contribution in [3.8, 4) is 11.4 Å². The van der Waals surface area contributed by atoms with Crippen LogP contribution in [0.2, 0.25) is 5.15 Å². The Bertz CT molecular complexity index is 1310. The summed E-state index contributed by atoms with van der Waals surface area (Å²) in [6.45, 7) is 1.41. The summed E-state index contributed by atoms with van der Waals surface area (Å²) < 4.78 is 91.2. The van der Waals surface area contributed by atoms with Crippen molar-refractivity contribution in [3.63, 3.8) is 0 Å². The van der Waals surface area contributed by atoms with Crippen LogP contribution >= 0.6 is 11.6 Å². The Labute approximate surface area is 177 Å². The van der Waals surface area contributed by atoms with Gasteiger partial charge in [-0.25, -0.2) is 26.6 Å². The molecule has 0 saturated heterocycles. The molecule has 0 aliphatic heterocycles. The van der Waals surface area contributed by atoms with E-state index in [0.29, 0.717) is 0 Å². The Morgan fingerprint density at radius 1 is 1.16 bits per heavy atom. The SMILES string of the molecule is CCS(=O)(=O)c1ccc(Cl)nc1-c1cc2ccc(=O)n(C(F)C(F)(F)C(F)F)c2cn1. The minimum Gasteiger partial charge on any atom is -0.270 e. The molecule has 0 amide bonds. The molecular weight excluding hydrogens is 469 g/mol. The van der Waals surface area contributed by atoms with Gasteiger partial charge in [-0.2, -0.15) is 8.78 Å². The number of fused-ring (bicyclic) bond motifs is 1. The quantitative estimate of drug-likeness (QED) is 0.388. The van der Waals surface area contributed by atoms with Crippen LogP contribution in [0.15, 0.2) is 46.2 Å². The van der Waals surface area contributed by atoms with E-state index in [1.165, 1.54) is 19.1 Å². The summed E-state index contributed by atoms with van der Waals surface area (Å²) in [5.41, 5.74) is -2.00. The number of rotatable bonds is 6. The van der Waals surface area contributed by atoms with E-state index in [0.717, 1.165) is 24.4 Å². The Morgan fingerprint density at radius 2 is 1.84 bits per heavy atom. The number of hydrogen-bond acceptors (Lipinski definition) is 5. The van der Waals surface area contributed by atoms with Crippen LogP contribution in [-0.2, 0) is 9.84 Å². The second-order valence-corrected chi connectivity index (χ2v) is 9.00. The van der Waals surface area contributed by atoms with Crippen molar-refractivity contribution in [2.45, 2.75) is 30.5 Å². The minimum absolute atomic E-state index is 0.0426. The molecule has 3 rings (SSSR count). The number of alkyl halides is 5. The highest BCUT2D eigenvalue weighted by Crippen LogP contribution is 2.37. The van der Waals surface area contributed by atoms with Gasteiger partial charge in [0.25, 0.3) is 5.56 Å². The number of nitrogens with zero attached hydrogens (tertiary/aromatic N) is 3. The van der Waals surface area contributed by atoms with E-state index in [4.69, 9.17) is 11.6 Å². The van der Waals surface area contributed by atoms with Crippen LogP contribution < -0.4 is 5.56 Å². The summed E-state index contributed by atoms with van der Waals surface area (Å²) >= 11 is 5.86. The fourth-order valence-electron chi connectivity index (χ4n) is 2.81. The summed E-state index contributed by atoms with van der Waals surface area (Å²) in [4.78, 5) is 19.6. The summed E-state index contributed by atoms with van der Waals surface area (Å²) in [5.74, 6) is -5.39. The number of sulfone groups is 1. The van der Waals surface area contributed by atoms with E-state index in [2.05, 4.69) is 9.97 Å². The standard InChI is InChI=1S/C18H13ClF5N3O3S/c1-2-31(29,30)12-4-5-13(19)26-15(12)10-7-9-3-6-14(28)27(11(9)8-25-10)17(22)18(23,24)16(20)21/h3-8,16-17H,2H2,1H3. The molecule has 3 heterocycles. The number of pyridine rings is 3. The highest BCUT2D eigenvalue weighted by molar-refractivity contribution is 7.91. The van der Waals surface area contributed by atoms with Crippen LogP contribution in [0.3, 0.4) is 0 Å². The summed E-state index contributed by atoms with van der Waals surface area (Å²) in [6, 6.07) is 5.48. The molecule has 166 valence electrons. The van der Waals surface area contributed by atoms with Crippen molar-refractivity contribution < 1.29 is 30.4 Å². The normalized spacial score (nSPS) is 13.7. The van der Waals surface area contributed by atoms with Crippen molar-refractivity contribution in [1.29, 1.82) is 0 Å². The smallest absolute Gasteiger partial charge is 0.270 e. The molecule has 3 aromatic rings. The number of halogens is 6. The zero-order chi connectivity index (χ0) is 23.1. The maximum absolute atomic E-state index is 14.3. The third-order valence-electron chi connectivity index (χ3n) is 4.43. The topological polar surface area (TPSA) is 81.9 Å². The lowest BCUT2D eigenvalue weighted by Gasteiger charge is -2.22. The van der Waals surface area contributed by atoms with Crippen molar-refractivity contribution in [2.75, 3.05) is 5.75 Å². The molecule has 0 aliphatic carbocycles. The van der Waals surface area contributed by atoms with Crippen molar-refractivity contribution in [1.82, 2.24) is 14.5 Å². The Hall–Kier alpha value is -2.60. The van der Waals surface area contributed by atoms with Gasteiger partial charge in [-0.05, 0) is 24.3 Å². The highest BCUT2D eigenvalue weighted by Gasteiger charge is 2.51. The molecule has 3 aromatic heterocycles. The zero-order valence-electron chi connectivity index (χ0n) is 15.6. The van der Waals surface area contributed by atoms with Gasteiger partial charge in [-0.15, -0.1) is 0 Å². The molecule has 31 heavy (non-hydrogen) atoms. The van der Waals surface area contributed by atoms with Crippen LogP contribution in [0.4, 0.5) is 22.0 Å². The summed E-state index contributed by atoms with van der Waals surface area (Å²) in [5, 5.41) is -0.101. The predicted octanol–water partition coefficient (Wildman–Crippen LogP) is 4.27. The minimum atomic E-state index is -5.13. The molecule has 1 unspecified atom stereocenters. The van der Waals surface area contributed by atoms with Gasteiger partial charge in [0.05, 0.1) is 28.1 Å². The largest absolute Gasteiger partial charge is 0.356 e. The third-order valence-corrected chi connectivity index (χ3v) is 6.40. The molecule has 6 nitrogen and oxygen atoms in total. The first-order valence-electron chi connectivity index (χ1n) is 8.61. The number of hydrogen-bond donors (Lipinski definition) is 0. The molecule has 1 atom stereocenters. The molecule has 0 N–H and O–H groups in total. The van der Waals surface area contributed by atoms with Gasteiger partial charge in [0.2, 0.25) is 6.30 Å². The van der Waals surface area contributed by atoms with Gasteiger partial charge in [-0.3, -0.25) is 14.3 Å². The first-order valence-corrected chi connectivity index (χ1v) is 10.6. The maximum Gasteiger partial charge on any atom is 0.356 e. The molecule has 0 fully saturated rings. The van der Waals surface area contributed by atoms with E-state index in [1.54, 1.807) is 0 Å². The van der Waals surface area contributed by atoms with E-state index in [-0.39, 0.29) is 37.1 Å². The average Bonchev–Trinajstić information content (AvgIpc) is 2.72. The van der Waals surface area contributed by atoms with Gasteiger partial charge >= 0.3 is 12.3 Å². The molecule has 0 aliphatic rings. The average molecular weight is 482 g/mol. The summed E-state index contributed by atoms with van der Waals surface area (Å²) in [6.07, 6.45) is -7.21. The molecular formula is C18H13ClF5N3O3S. The first kappa shape index (κ1) is 23.1. The fourth-order valence-corrected chi connectivity index (χ4v) is 3.99. The van der Waals surface area contributed by atoms with E-state index in [1.807, 2.05) is 0 Å². The summed E-state index contributed by atoms with van der Waals surface area (Å²) in [7, 11) is -3.76. The van der Waals surface area contributed by atoms with Crippen LogP contribution in [0.1, 0.15) is 13.2 Å². The van der Waals surface area contributed by atoms with Gasteiger partial charge in [0, 0.05) is 11.5 Å². The van der Waals surface area contributed by atoms with Gasteiger partial charge in [0.15, 0.2) is 9.84 Å². The first-order chi connectivity index (χ1) is 14.4. The molecule has 0 bridgehead atoms. The second kappa shape index (κ2) is 8.15.